The van der Waals surface area contributed by atoms with Crippen LogP contribution in [0.1, 0.15) is 26.3 Å². The summed E-state index contributed by atoms with van der Waals surface area (Å²) >= 11 is 0. The number of benzene rings is 1. The van der Waals surface area contributed by atoms with Crippen LogP contribution in [0.3, 0.4) is 0 Å². The van der Waals surface area contributed by atoms with Crippen molar-refractivity contribution in [2.45, 2.75) is 26.2 Å². The second-order valence-corrected chi connectivity index (χ2v) is 5.43. The van der Waals surface area contributed by atoms with Crippen molar-refractivity contribution in [1.29, 1.82) is 0 Å². The molecular weight excluding hydrogens is 210 g/mol. The lowest BCUT2D eigenvalue weighted by Gasteiger charge is -2.19. The minimum atomic E-state index is 0.180. The number of nitrogen functional groups attached to an aromatic ring is 1. The van der Waals surface area contributed by atoms with Crippen LogP contribution in [0.2, 0.25) is 0 Å². The van der Waals surface area contributed by atoms with Gasteiger partial charge in [-0.25, -0.2) is 0 Å². The third-order valence-electron chi connectivity index (χ3n) is 2.92. The van der Waals surface area contributed by atoms with Crippen LogP contribution in [0.15, 0.2) is 30.5 Å². The normalized spacial score (nSPS) is 11.8. The molecule has 0 saturated heterocycles. The zero-order valence-corrected chi connectivity index (χ0v) is 10.9. The topological polar surface area (TPSA) is 43.8 Å². The maximum atomic E-state index is 5.87. The van der Waals surface area contributed by atoms with E-state index in [1.165, 1.54) is 5.56 Å². The highest BCUT2D eigenvalue weighted by atomic mass is 15.3. The summed E-state index contributed by atoms with van der Waals surface area (Å²) in [5.74, 6) is 0.580. The summed E-state index contributed by atoms with van der Waals surface area (Å²) < 4.78 is 1.74. The fourth-order valence-corrected chi connectivity index (χ4v) is 1.88. The molecule has 0 radical (unpaired) electrons. The number of aromatic nitrogens is 2. The first-order chi connectivity index (χ1) is 7.88. The molecule has 1 heterocycles. The molecular formula is C14H19N3. The van der Waals surface area contributed by atoms with Crippen LogP contribution in [0, 0.1) is 0 Å². The lowest BCUT2D eigenvalue weighted by molar-refractivity contribution is 0.590. The summed E-state index contributed by atoms with van der Waals surface area (Å²) in [4.78, 5) is 0. The van der Waals surface area contributed by atoms with E-state index in [-0.39, 0.29) is 5.41 Å². The smallest absolute Gasteiger partial charge is 0.153 e. The Hall–Kier alpha value is -1.77. The molecule has 90 valence electrons. The van der Waals surface area contributed by atoms with Crippen LogP contribution in [-0.4, -0.2) is 9.78 Å². The fourth-order valence-electron chi connectivity index (χ4n) is 1.88. The van der Waals surface area contributed by atoms with Crippen LogP contribution >= 0.6 is 0 Å². The molecule has 1 aromatic heterocycles. The van der Waals surface area contributed by atoms with Gasteiger partial charge in [-0.05, 0) is 16.5 Å². The van der Waals surface area contributed by atoms with E-state index in [0.29, 0.717) is 5.82 Å². The van der Waals surface area contributed by atoms with Crippen molar-refractivity contribution in [3.63, 3.8) is 0 Å². The molecule has 2 aromatic rings. The Kier molecular flexibility index (Phi) is 2.69. The second kappa shape index (κ2) is 3.91. The van der Waals surface area contributed by atoms with Crippen LogP contribution in [0.4, 0.5) is 5.82 Å². The number of hydrogen-bond acceptors (Lipinski definition) is 2. The zero-order chi connectivity index (χ0) is 12.6. The Labute approximate surface area is 102 Å². The molecule has 2 rings (SSSR count). The molecule has 3 heteroatoms. The van der Waals surface area contributed by atoms with Crippen molar-refractivity contribution in [1.82, 2.24) is 9.78 Å². The van der Waals surface area contributed by atoms with E-state index in [1.54, 1.807) is 4.68 Å². The van der Waals surface area contributed by atoms with Gasteiger partial charge in [-0.3, -0.25) is 4.68 Å². The lowest BCUT2D eigenvalue weighted by Crippen LogP contribution is -2.10. The van der Waals surface area contributed by atoms with Gasteiger partial charge in [0.25, 0.3) is 0 Å². The van der Waals surface area contributed by atoms with Crippen molar-refractivity contribution < 1.29 is 0 Å². The fraction of sp³-hybridized carbons (Fsp3) is 0.357. The van der Waals surface area contributed by atoms with E-state index in [2.05, 4.69) is 50.1 Å². The van der Waals surface area contributed by atoms with E-state index < -0.39 is 0 Å². The second-order valence-electron chi connectivity index (χ2n) is 5.43. The highest BCUT2D eigenvalue weighted by Crippen LogP contribution is 2.28. The van der Waals surface area contributed by atoms with Crippen LogP contribution in [0.5, 0.6) is 0 Å². The van der Waals surface area contributed by atoms with Gasteiger partial charge < -0.3 is 5.73 Å². The molecule has 0 aliphatic rings. The Morgan fingerprint density at radius 3 is 2.12 bits per heavy atom. The predicted octanol–water partition coefficient (Wildman–Crippen LogP) is 2.97. The summed E-state index contributed by atoms with van der Waals surface area (Å²) in [6.45, 7) is 6.63. The first-order valence-electron chi connectivity index (χ1n) is 5.78. The van der Waals surface area contributed by atoms with Gasteiger partial charge in [0.15, 0.2) is 5.82 Å². The summed E-state index contributed by atoms with van der Waals surface area (Å²) in [5.41, 5.74) is 9.48. The van der Waals surface area contributed by atoms with E-state index >= 15 is 0 Å². The van der Waals surface area contributed by atoms with Gasteiger partial charge in [-0.2, -0.15) is 5.10 Å². The van der Waals surface area contributed by atoms with Gasteiger partial charge in [0, 0.05) is 18.8 Å². The maximum absolute atomic E-state index is 5.87. The molecule has 0 fully saturated rings. The summed E-state index contributed by atoms with van der Waals surface area (Å²) in [7, 11) is 1.88. The standard InChI is InChI=1S/C14H19N3/c1-14(2,3)11-7-5-10(6-8-11)12-9-17(4)16-13(12)15/h5-9H,1-4H3,(H2,15,16). The number of anilines is 1. The molecule has 0 aliphatic heterocycles. The summed E-state index contributed by atoms with van der Waals surface area (Å²) in [6, 6.07) is 8.52. The molecule has 0 unspecified atom stereocenters. The van der Waals surface area contributed by atoms with Crippen molar-refractivity contribution in [2.24, 2.45) is 7.05 Å². The third kappa shape index (κ3) is 2.33. The molecule has 0 saturated carbocycles. The molecule has 0 atom stereocenters. The first kappa shape index (κ1) is 11.7. The molecule has 0 bridgehead atoms. The largest absolute Gasteiger partial charge is 0.382 e. The van der Waals surface area contributed by atoms with Crippen molar-refractivity contribution in [3.05, 3.63) is 36.0 Å². The Balaban J connectivity index is 2.39. The van der Waals surface area contributed by atoms with Gasteiger partial charge >= 0.3 is 0 Å². The van der Waals surface area contributed by atoms with Gasteiger partial charge in [0.1, 0.15) is 0 Å². The average Bonchev–Trinajstić information content (AvgIpc) is 2.57. The molecule has 0 spiro atoms. The molecule has 3 nitrogen and oxygen atoms in total. The van der Waals surface area contributed by atoms with E-state index in [4.69, 9.17) is 5.73 Å². The molecule has 0 aliphatic carbocycles. The monoisotopic (exact) mass is 229 g/mol. The number of nitrogens with zero attached hydrogens (tertiary/aromatic N) is 2. The maximum Gasteiger partial charge on any atom is 0.153 e. The first-order valence-corrected chi connectivity index (χ1v) is 5.78. The van der Waals surface area contributed by atoms with Crippen molar-refractivity contribution >= 4 is 5.82 Å². The lowest BCUT2D eigenvalue weighted by atomic mass is 9.86. The van der Waals surface area contributed by atoms with Crippen LogP contribution in [0.25, 0.3) is 11.1 Å². The number of rotatable bonds is 1. The number of hydrogen-bond donors (Lipinski definition) is 1. The van der Waals surface area contributed by atoms with Gasteiger partial charge in [0.05, 0.1) is 0 Å². The molecule has 17 heavy (non-hydrogen) atoms. The van der Waals surface area contributed by atoms with E-state index in [1.807, 2.05) is 13.2 Å². The average molecular weight is 229 g/mol. The quantitative estimate of drug-likeness (QED) is 0.817. The van der Waals surface area contributed by atoms with Gasteiger partial charge in [0.2, 0.25) is 0 Å². The van der Waals surface area contributed by atoms with Crippen molar-refractivity contribution in [2.75, 3.05) is 5.73 Å². The van der Waals surface area contributed by atoms with Crippen LogP contribution < -0.4 is 5.73 Å². The Morgan fingerprint density at radius 1 is 1.12 bits per heavy atom. The SMILES string of the molecule is Cn1cc(-c2ccc(C(C)(C)C)cc2)c(N)n1. The molecule has 1 aromatic carbocycles. The molecule has 0 amide bonds. The minimum absolute atomic E-state index is 0.180. The number of aryl methyl sites for hydroxylation is 1. The van der Waals surface area contributed by atoms with Gasteiger partial charge in [-0.15, -0.1) is 0 Å². The molecule has 2 N–H and O–H groups in total. The Bertz CT molecular complexity index is 515. The number of nitrogens with two attached hydrogens (primary N) is 1. The minimum Gasteiger partial charge on any atom is -0.382 e. The zero-order valence-electron chi connectivity index (χ0n) is 10.9. The van der Waals surface area contributed by atoms with Gasteiger partial charge in [-0.1, -0.05) is 45.0 Å². The van der Waals surface area contributed by atoms with E-state index in [9.17, 15) is 0 Å². The predicted molar refractivity (Wildman–Crippen MR) is 71.8 cm³/mol. The highest BCUT2D eigenvalue weighted by Gasteiger charge is 2.14. The summed E-state index contributed by atoms with van der Waals surface area (Å²) in [6.07, 6.45) is 1.95. The highest BCUT2D eigenvalue weighted by molar-refractivity contribution is 5.73. The summed E-state index contributed by atoms with van der Waals surface area (Å²) in [5, 5.41) is 4.15. The Morgan fingerprint density at radius 2 is 1.71 bits per heavy atom. The van der Waals surface area contributed by atoms with E-state index in [0.717, 1.165) is 11.1 Å². The van der Waals surface area contributed by atoms with Crippen LogP contribution in [-0.2, 0) is 12.5 Å². The third-order valence-corrected chi connectivity index (χ3v) is 2.92. The van der Waals surface area contributed by atoms with Crippen molar-refractivity contribution in [3.8, 4) is 11.1 Å².